The average Bonchev–Trinajstić information content (AvgIpc) is 2.60. The highest BCUT2D eigenvalue weighted by molar-refractivity contribution is 5.94. The summed E-state index contributed by atoms with van der Waals surface area (Å²) in [5.41, 5.74) is 1.56. The fourth-order valence-electron chi connectivity index (χ4n) is 2.62. The van der Waals surface area contributed by atoms with E-state index in [0.717, 1.165) is 38.0 Å². The zero-order valence-corrected chi connectivity index (χ0v) is 14.1. The maximum Gasteiger partial charge on any atom is 0.253 e. The number of anilines is 1. The van der Waals surface area contributed by atoms with E-state index in [9.17, 15) is 9.59 Å². The summed E-state index contributed by atoms with van der Waals surface area (Å²) in [6, 6.07) is 7.55. The minimum atomic E-state index is -0.0205. The molecule has 1 aliphatic heterocycles. The van der Waals surface area contributed by atoms with Crippen LogP contribution in [0.25, 0.3) is 0 Å². The first-order valence-electron chi connectivity index (χ1n) is 8.52. The van der Waals surface area contributed by atoms with Gasteiger partial charge in [0.1, 0.15) is 0 Å². The molecule has 0 bridgehead atoms. The van der Waals surface area contributed by atoms with Gasteiger partial charge in [-0.2, -0.15) is 0 Å². The smallest absolute Gasteiger partial charge is 0.253 e. The third-order valence-corrected chi connectivity index (χ3v) is 4.25. The van der Waals surface area contributed by atoms with Crippen LogP contribution >= 0.6 is 0 Å². The largest absolute Gasteiger partial charge is 0.376 e. The predicted molar refractivity (Wildman–Crippen MR) is 92.6 cm³/mol. The van der Waals surface area contributed by atoms with Crippen LogP contribution in [0.3, 0.4) is 0 Å². The lowest BCUT2D eigenvalue weighted by Gasteiger charge is -2.26. The second-order valence-corrected chi connectivity index (χ2v) is 6.16. The molecule has 0 aliphatic carbocycles. The highest BCUT2D eigenvalue weighted by atomic mass is 16.2. The summed E-state index contributed by atoms with van der Waals surface area (Å²) in [7, 11) is 0. The first-order chi connectivity index (χ1) is 11.1. The molecular formula is C18H27N3O2. The minimum absolute atomic E-state index is 0.0205. The van der Waals surface area contributed by atoms with Gasteiger partial charge < -0.3 is 15.5 Å². The number of hydrogen-bond donors (Lipinski definition) is 2. The lowest BCUT2D eigenvalue weighted by molar-refractivity contribution is -0.120. The molecule has 1 aliphatic rings. The molecule has 1 heterocycles. The number of nitrogens with one attached hydrogen (secondary N) is 2. The predicted octanol–water partition coefficient (Wildman–Crippen LogP) is 2.64. The van der Waals surface area contributed by atoms with Crippen LogP contribution in [0.4, 0.5) is 5.69 Å². The molecule has 1 saturated heterocycles. The van der Waals surface area contributed by atoms with Crippen molar-refractivity contribution in [3.8, 4) is 0 Å². The molecule has 5 nitrogen and oxygen atoms in total. The van der Waals surface area contributed by atoms with Crippen molar-refractivity contribution in [2.75, 3.05) is 25.0 Å². The lowest BCUT2D eigenvalue weighted by Crippen LogP contribution is -2.36. The standard InChI is InChI=1S/C18H27N3O2/c1-3-14(2)20-17(22)13-19-16-9-7-15(8-10-16)18(23)21-11-5-4-6-12-21/h7-10,14,19H,3-6,11-13H2,1-2H3,(H,20,22). The third kappa shape index (κ3) is 5.27. The molecule has 0 spiro atoms. The van der Waals surface area contributed by atoms with E-state index in [0.29, 0.717) is 5.56 Å². The summed E-state index contributed by atoms with van der Waals surface area (Å²) in [6.07, 6.45) is 4.32. The summed E-state index contributed by atoms with van der Waals surface area (Å²) < 4.78 is 0. The van der Waals surface area contributed by atoms with Crippen molar-refractivity contribution in [1.82, 2.24) is 10.2 Å². The maximum absolute atomic E-state index is 12.4. The molecule has 23 heavy (non-hydrogen) atoms. The number of benzene rings is 1. The third-order valence-electron chi connectivity index (χ3n) is 4.25. The molecule has 1 unspecified atom stereocenters. The van der Waals surface area contributed by atoms with Gasteiger partial charge in [-0.1, -0.05) is 6.92 Å². The van der Waals surface area contributed by atoms with Crippen LogP contribution in [0.1, 0.15) is 49.9 Å². The van der Waals surface area contributed by atoms with E-state index in [2.05, 4.69) is 10.6 Å². The number of piperidine rings is 1. The Morgan fingerprint density at radius 2 is 1.78 bits per heavy atom. The molecule has 126 valence electrons. The van der Waals surface area contributed by atoms with Gasteiger partial charge in [-0.25, -0.2) is 0 Å². The number of rotatable bonds is 6. The Bertz CT molecular complexity index is 522. The number of carbonyl (C=O) groups excluding carboxylic acids is 2. The van der Waals surface area contributed by atoms with Gasteiger partial charge >= 0.3 is 0 Å². The van der Waals surface area contributed by atoms with Gasteiger partial charge in [0.2, 0.25) is 5.91 Å². The summed E-state index contributed by atoms with van der Waals surface area (Å²) >= 11 is 0. The van der Waals surface area contributed by atoms with Crippen LogP contribution in [0.2, 0.25) is 0 Å². The van der Waals surface area contributed by atoms with E-state index in [1.807, 2.05) is 43.0 Å². The van der Waals surface area contributed by atoms with Crippen molar-refractivity contribution in [1.29, 1.82) is 0 Å². The number of nitrogens with zero attached hydrogens (tertiary/aromatic N) is 1. The molecule has 1 aromatic rings. The topological polar surface area (TPSA) is 61.4 Å². The molecule has 2 N–H and O–H groups in total. The number of carbonyl (C=O) groups is 2. The van der Waals surface area contributed by atoms with Gasteiger partial charge in [0.05, 0.1) is 6.54 Å². The Kier molecular flexibility index (Phi) is 6.44. The van der Waals surface area contributed by atoms with Crippen molar-refractivity contribution in [3.63, 3.8) is 0 Å². The maximum atomic E-state index is 12.4. The van der Waals surface area contributed by atoms with Gasteiger partial charge in [0.15, 0.2) is 0 Å². The fourth-order valence-corrected chi connectivity index (χ4v) is 2.62. The Labute approximate surface area is 138 Å². The first-order valence-corrected chi connectivity index (χ1v) is 8.52. The highest BCUT2D eigenvalue weighted by Crippen LogP contribution is 2.15. The highest BCUT2D eigenvalue weighted by Gasteiger charge is 2.17. The molecule has 0 radical (unpaired) electrons. The molecule has 1 aromatic carbocycles. The van der Waals surface area contributed by atoms with Crippen LogP contribution in [-0.4, -0.2) is 42.4 Å². The van der Waals surface area contributed by atoms with Gasteiger partial charge in [-0.05, 0) is 56.9 Å². The second-order valence-electron chi connectivity index (χ2n) is 6.16. The summed E-state index contributed by atoms with van der Waals surface area (Å²) in [4.78, 5) is 26.0. The molecule has 0 aromatic heterocycles. The van der Waals surface area contributed by atoms with Gasteiger partial charge in [0, 0.05) is 30.4 Å². The second kappa shape index (κ2) is 8.56. The molecular weight excluding hydrogens is 290 g/mol. The average molecular weight is 317 g/mol. The quantitative estimate of drug-likeness (QED) is 0.848. The van der Waals surface area contributed by atoms with Gasteiger partial charge in [0.25, 0.3) is 5.91 Å². The van der Waals surface area contributed by atoms with Crippen LogP contribution in [-0.2, 0) is 4.79 Å². The zero-order valence-electron chi connectivity index (χ0n) is 14.1. The molecule has 2 amide bonds. The van der Waals surface area contributed by atoms with E-state index in [1.54, 1.807) is 0 Å². The van der Waals surface area contributed by atoms with Crippen molar-refractivity contribution in [2.45, 2.75) is 45.6 Å². The Balaban J connectivity index is 1.84. The summed E-state index contributed by atoms with van der Waals surface area (Å²) in [5.74, 6) is 0.0820. The van der Waals surface area contributed by atoms with Crippen molar-refractivity contribution < 1.29 is 9.59 Å². The van der Waals surface area contributed by atoms with Crippen LogP contribution in [0.15, 0.2) is 24.3 Å². The first kappa shape index (κ1) is 17.3. The molecule has 1 fully saturated rings. The molecule has 5 heteroatoms. The number of hydrogen-bond acceptors (Lipinski definition) is 3. The van der Waals surface area contributed by atoms with Gasteiger partial charge in [-0.15, -0.1) is 0 Å². The fraction of sp³-hybridized carbons (Fsp3) is 0.556. The van der Waals surface area contributed by atoms with Crippen LogP contribution < -0.4 is 10.6 Å². The zero-order chi connectivity index (χ0) is 16.7. The van der Waals surface area contributed by atoms with Crippen molar-refractivity contribution in [3.05, 3.63) is 29.8 Å². The normalized spacial score (nSPS) is 15.8. The van der Waals surface area contributed by atoms with E-state index >= 15 is 0 Å². The SMILES string of the molecule is CCC(C)NC(=O)CNc1ccc(C(=O)N2CCCCC2)cc1. The Morgan fingerprint density at radius 1 is 1.13 bits per heavy atom. The van der Waals surface area contributed by atoms with Gasteiger partial charge in [-0.3, -0.25) is 9.59 Å². The molecule has 1 atom stereocenters. The number of likely N-dealkylation sites (tertiary alicyclic amines) is 1. The lowest BCUT2D eigenvalue weighted by atomic mass is 10.1. The minimum Gasteiger partial charge on any atom is -0.376 e. The van der Waals surface area contributed by atoms with E-state index in [4.69, 9.17) is 0 Å². The molecule has 0 saturated carbocycles. The molecule has 2 rings (SSSR count). The van der Waals surface area contributed by atoms with E-state index in [1.165, 1.54) is 6.42 Å². The van der Waals surface area contributed by atoms with E-state index < -0.39 is 0 Å². The number of amides is 2. The monoisotopic (exact) mass is 317 g/mol. The summed E-state index contributed by atoms with van der Waals surface area (Å²) in [6.45, 7) is 5.97. The van der Waals surface area contributed by atoms with Crippen molar-refractivity contribution >= 4 is 17.5 Å². The summed E-state index contributed by atoms with van der Waals surface area (Å²) in [5, 5.41) is 5.99. The van der Waals surface area contributed by atoms with Crippen molar-refractivity contribution in [2.24, 2.45) is 0 Å². The van der Waals surface area contributed by atoms with Crippen LogP contribution in [0, 0.1) is 0 Å². The Morgan fingerprint density at radius 3 is 2.39 bits per heavy atom. The van der Waals surface area contributed by atoms with E-state index in [-0.39, 0.29) is 24.4 Å². The van der Waals surface area contributed by atoms with Crippen LogP contribution in [0.5, 0.6) is 0 Å². The Hall–Kier alpha value is -2.04.